The number of nitrogens with one attached hydrogen (secondary N) is 1. The van der Waals surface area contributed by atoms with E-state index in [0.29, 0.717) is 11.3 Å². The summed E-state index contributed by atoms with van der Waals surface area (Å²) in [6.07, 6.45) is 1.69. The van der Waals surface area contributed by atoms with Gasteiger partial charge in [-0.2, -0.15) is 0 Å². The molecule has 7 nitrogen and oxygen atoms in total. The maximum absolute atomic E-state index is 11.7. The maximum Gasteiger partial charge on any atom is 0.315 e. The van der Waals surface area contributed by atoms with E-state index in [2.05, 4.69) is 15.5 Å². The highest BCUT2D eigenvalue weighted by molar-refractivity contribution is 6.03. The van der Waals surface area contributed by atoms with E-state index in [9.17, 15) is 9.59 Å². The van der Waals surface area contributed by atoms with Gasteiger partial charge in [0.25, 0.3) is 0 Å². The minimum absolute atomic E-state index is 0.189. The fourth-order valence-electron chi connectivity index (χ4n) is 1.74. The molecule has 0 aliphatic rings. The molecule has 1 atom stereocenters. The number of hydrogen-bond donors (Lipinski definition) is 2. The average Bonchev–Trinajstić information content (AvgIpc) is 2.80. The lowest BCUT2D eigenvalue weighted by Gasteiger charge is -2.09. The molecule has 2 N–H and O–H groups in total. The third kappa shape index (κ3) is 2.61. The molecule has 7 heteroatoms. The minimum atomic E-state index is -1.16. The molecule has 106 valence electrons. The average molecular weight is 276 g/mol. The van der Waals surface area contributed by atoms with Gasteiger partial charge >= 0.3 is 5.97 Å². The Hall–Kier alpha value is -2.44. The lowest BCUT2D eigenvalue weighted by atomic mass is 10.1. The van der Waals surface area contributed by atoms with E-state index in [1.54, 1.807) is 22.7 Å². The number of carboxylic acid groups (broad SMARTS) is 1. The second kappa shape index (κ2) is 5.28. The first-order chi connectivity index (χ1) is 9.40. The van der Waals surface area contributed by atoms with Gasteiger partial charge in [0.15, 0.2) is 5.65 Å². The van der Waals surface area contributed by atoms with E-state index in [4.69, 9.17) is 5.11 Å². The van der Waals surface area contributed by atoms with Gasteiger partial charge in [0.1, 0.15) is 11.7 Å². The molecule has 0 fully saturated rings. The van der Waals surface area contributed by atoms with Gasteiger partial charge in [-0.05, 0) is 19.1 Å². The molecule has 0 saturated heterocycles. The largest absolute Gasteiger partial charge is 0.481 e. The molecule has 0 aliphatic carbocycles. The molecular formula is C13H16N4O3. The van der Waals surface area contributed by atoms with Crippen molar-refractivity contribution >= 4 is 23.2 Å². The topological polar surface area (TPSA) is 96.6 Å². The van der Waals surface area contributed by atoms with E-state index in [-0.39, 0.29) is 5.92 Å². The summed E-state index contributed by atoms with van der Waals surface area (Å²) in [4.78, 5) is 22.5. The van der Waals surface area contributed by atoms with Crippen LogP contribution in [0.25, 0.3) is 5.65 Å². The quantitative estimate of drug-likeness (QED) is 0.825. The Kier molecular flexibility index (Phi) is 3.69. The Morgan fingerprint density at radius 2 is 1.95 bits per heavy atom. The number of anilines is 1. The predicted octanol–water partition coefficient (Wildman–Crippen LogP) is 1.51. The summed E-state index contributed by atoms with van der Waals surface area (Å²) < 4.78 is 1.78. The number of nitrogens with zero attached hydrogens (tertiary/aromatic N) is 3. The zero-order valence-corrected chi connectivity index (χ0v) is 11.5. The van der Waals surface area contributed by atoms with E-state index < -0.39 is 17.8 Å². The predicted molar refractivity (Wildman–Crippen MR) is 72.5 cm³/mol. The number of amides is 1. The summed E-state index contributed by atoms with van der Waals surface area (Å²) in [5.41, 5.74) is 1.19. The monoisotopic (exact) mass is 276 g/mol. The molecule has 1 unspecified atom stereocenters. The van der Waals surface area contributed by atoms with Crippen molar-refractivity contribution < 1.29 is 14.7 Å². The normalized spacial score (nSPS) is 12.6. The molecule has 2 aromatic heterocycles. The van der Waals surface area contributed by atoms with Crippen molar-refractivity contribution in [3.05, 3.63) is 24.2 Å². The van der Waals surface area contributed by atoms with Crippen LogP contribution in [0.4, 0.5) is 5.69 Å². The van der Waals surface area contributed by atoms with Crippen molar-refractivity contribution in [3.8, 4) is 0 Å². The van der Waals surface area contributed by atoms with Gasteiger partial charge in [-0.1, -0.05) is 13.8 Å². The van der Waals surface area contributed by atoms with Crippen LogP contribution in [0.5, 0.6) is 0 Å². The molecular weight excluding hydrogens is 260 g/mol. The van der Waals surface area contributed by atoms with Gasteiger partial charge in [0, 0.05) is 12.1 Å². The summed E-state index contributed by atoms with van der Waals surface area (Å²) in [7, 11) is 0. The molecule has 0 aliphatic heterocycles. The fraction of sp³-hybridized carbons (Fsp3) is 0.385. The molecule has 0 spiro atoms. The number of hydrogen-bond acceptors (Lipinski definition) is 4. The molecule has 0 aromatic carbocycles. The lowest BCUT2D eigenvalue weighted by molar-refractivity contribution is -0.144. The highest BCUT2D eigenvalue weighted by atomic mass is 16.4. The van der Waals surface area contributed by atoms with Gasteiger partial charge in [0.05, 0.1) is 5.69 Å². The first kappa shape index (κ1) is 14.0. The van der Waals surface area contributed by atoms with Crippen molar-refractivity contribution in [2.75, 3.05) is 5.32 Å². The van der Waals surface area contributed by atoms with Crippen LogP contribution >= 0.6 is 0 Å². The van der Waals surface area contributed by atoms with E-state index in [1.165, 1.54) is 6.92 Å². The number of pyridine rings is 1. The first-order valence-corrected chi connectivity index (χ1v) is 6.28. The molecule has 2 aromatic rings. The standard InChI is InChI=1S/C13H16N4O3/c1-7(2)11-16-15-10-5-4-9(6-17(10)11)14-12(18)8(3)13(19)20/h4-8H,1-3H3,(H,14,18)(H,19,20). The number of aromatic nitrogens is 3. The Morgan fingerprint density at radius 1 is 1.25 bits per heavy atom. The zero-order chi connectivity index (χ0) is 14.9. The summed E-state index contributed by atoms with van der Waals surface area (Å²) >= 11 is 0. The molecule has 0 bridgehead atoms. The Bertz CT molecular complexity index is 663. The van der Waals surface area contributed by atoms with Crippen LogP contribution in [0.3, 0.4) is 0 Å². The Morgan fingerprint density at radius 3 is 2.55 bits per heavy atom. The Labute approximate surface area is 115 Å². The maximum atomic E-state index is 11.7. The smallest absolute Gasteiger partial charge is 0.315 e. The van der Waals surface area contributed by atoms with Crippen molar-refractivity contribution in [2.45, 2.75) is 26.7 Å². The summed E-state index contributed by atoms with van der Waals surface area (Å²) in [5.74, 6) is -1.85. The number of fused-ring (bicyclic) bond motifs is 1. The highest BCUT2D eigenvalue weighted by Crippen LogP contribution is 2.17. The van der Waals surface area contributed by atoms with Crippen LogP contribution in [0, 0.1) is 5.92 Å². The molecule has 2 heterocycles. The number of rotatable bonds is 4. The van der Waals surface area contributed by atoms with Gasteiger partial charge in [-0.3, -0.25) is 14.0 Å². The van der Waals surface area contributed by atoms with Gasteiger partial charge in [0.2, 0.25) is 5.91 Å². The molecule has 0 saturated carbocycles. The van der Waals surface area contributed by atoms with E-state index in [0.717, 1.165) is 5.82 Å². The molecule has 20 heavy (non-hydrogen) atoms. The van der Waals surface area contributed by atoms with Crippen LogP contribution in [0.2, 0.25) is 0 Å². The third-order valence-corrected chi connectivity index (χ3v) is 2.98. The molecule has 2 rings (SSSR count). The highest BCUT2D eigenvalue weighted by Gasteiger charge is 2.20. The van der Waals surface area contributed by atoms with Crippen LogP contribution in [-0.4, -0.2) is 31.6 Å². The summed E-state index contributed by atoms with van der Waals surface area (Å²) in [6.45, 7) is 5.33. The fourth-order valence-corrected chi connectivity index (χ4v) is 1.74. The van der Waals surface area contributed by atoms with E-state index in [1.807, 2.05) is 13.8 Å². The van der Waals surface area contributed by atoms with Gasteiger partial charge in [-0.15, -0.1) is 10.2 Å². The molecule has 1 amide bonds. The second-order valence-electron chi connectivity index (χ2n) is 4.91. The minimum Gasteiger partial charge on any atom is -0.481 e. The van der Waals surface area contributed by atoms with E-state index >= 15 is 0 Å². The van der Waals surface area contributed by atoms with Gasteiger partial charge < -0.3 is 10.4 Å². The van der Waals surface area contributed by atoms with Crippen LogP contribution in [0.1, 0.15) is 32.5 Å². The third-order valence-electron chi connectivity index (χ3n) is 2.98. The van der Waals surface area contributed by atoms with Crippen molar-refractivity contribution in [2.24, 2.45) is 5.92 Å². The number of carboxylic acids is 1. The second-order valence-corrected chi connectivity index (χ2v) is 4.91. The number of carbonyl (C=O) groups is 2. The lowest BCUT2D eigenvalue weighted by Crippen LogP contribution is -2.27. The van der Waals surface area contributed by atoms with Crippen LogP contribution in [0.15, 0.2) is 18.3 Å². The van der Waals surface area contributed by atoms with Crippen molar-refractivity contribution in [3.63, 3.8) is 0 Å². The zero-order valence-electron chi connectivity index (χ0n) is 11.5. The summed E-state index contributed by atoms with van der Waals surface area (Å²) in [6, 6.07) is 3.39. The summed E-state index contributed by atoms with van der Waals surface area (Å²) in [5, 5.41) is 19.5. The Balaban J connectivity index is 2.29. The van der Waals surface area contributed by atoms with Gasteiger partial charge in [-0.25, -0.2) is 0 Å². The van der Waals surface area contributed by atoms with Crippen molar-refractivity contribution in [1.29, 1.82) is 0 Å². The number of aliphatic carboxylic acids is 1. The van der Waals surface area contributed by atoms with Crippen molar-refractivity contribution in [1.82, 2.24) is 14.6 Å². The SMILES string of the molecule is CC(C(=O)O)C(=O)Nc1ccc2nnc(C(C)C)n2c1. The number of carbonyl (C=O) groups excluding carboxylic acids is 1. The van der Waals surface area contributed by atoms with Crippen LogP contribution in [-0.2, 0) is 9.59 Å². The molecule has 0 radical (unpaired) electrons. The first-order valence-electron chi connectivity index (χ1n) is 6.28. The van der Waals surface area contributed by atoms with Crippen LogP contribution < -0.4 is 5.32 Å².